The van der Waals surface area contributed by atoms with Gasteiger partial charge >= 0.3 is 5.97 Å². The maximum absolute atomic E-state index is 12.7. The molecule has 0 aliphatic carbocycles. The summed E-state index contributed by atoms with van der Waals surface area (Å²) in [5.74, 6) is -3.87. The zero-order chi connectivity index (χ0) is 26.0. The highest BCUT2D eigenvalue weighted by molar-refractivity contribution is 5.94. The molecule has 0 saturated heterocycles. The largest absolute Gasteiger partial charge is 0.508 e. The molecule has 3 amide bonds. The topological polar surface area (TPSA) is 211 Å². The van der Waals surface area contributed by atoms with Crippen molar-refractivity contribution in [2.45, 2.75) is 63.9 Å². The molecule has 0 aliphatic rings. The van der Waals surface area contributed by atoms with Gasteiger partial charge in [0.2, 0.25) is 17.7 Å². The van der Waals surface area contributed by atoms with Gasteiger partial charge < -0.3 is 42.1 Å². The molecule has 1 aromatic rings. The van der Waals surface area contributed by atoms with Crippen LogP contribution in [-0.4, -0.2) is 81.0 Å². The number of aliphatic hydroxyl groups is 2. The summed E-state index contributed by atoms with van der Waals surface area (Å²) in [4.78, 5) is 49.0. The molecule has 0 spiro atoms. The molecule has 12 nitrogen and oxygen atoms in total. The number of benzene rings is 1. The van der Waals surface area contributed by atoms with Crippen molar-refractivity contribution in [3.63, 3.8) is 0 Å². The Morgan fingerprint density at radius 3 is 1.91 bits per heavy atom. The number of phenolic OH excluding ortho intramolecular Hbond substituents is 1. The number of nitrogens with two attached hydrogens (primary N) is 1. The van der Waals surface area contributed by atoms with Gasteiger partial charge in [-0.15, -0.1) is 0 Å². The number of hydrogen-bond acceptors (Lipinski definition) is 8. The number of carbonyl (C=O) groups is 4. The highest BCUT2D eigenvalue weighted by Crippen LogP contribution is 2.11. The molecule has 1 aromatic carbocycles. The Hall–Kier alpha value is -3.22. The van der Waals surface area contributed by atoms with Gasteiger partial charge in [-0.3, -0.25) is 14.4 Å². The summed E-state index contributed by atoms with van der Waals surface area (Å²) in [5, 5.41) is 44.6. The van der Waals surface area contributed by atoms with Crippen LogP contribution in [0.5, 0.6) is 5.75 Å². The minimum Gasteiger partial charge on any atom is -0.508 e. The molecule has 1 rings (SSSR count). The van der Waals surface area contributed by atoms with Crippen LogP contribution >= 0.6 is 0 Å². The number of amides is 3. The number of carboxylic acids is 1. The lowest BCUT2D eigenvalue weighted by atomic mass is 10.0. The second kappa shape index (κ2) is 13.5. The van der Waals surface area contributed by atoms with Crippen molar-refractivity contribution < 1.29 is 39.6 Å². The van der Waals surface area contributed by atoms with Crippen molar-refractivity contribution in [3.05, 3.63) is 29.8 Å². The third kappa shape index (κ3) is 9.33. The van der Waals surface area contributed by atoms with Crippen molar-refractivity contribution in [1.29, 1.82) is 0 Å². The Balaban J connectivity index is 2.83. The van der Waals surface area contributed by atoms with Crippen LogP contribution < -0.4 is 21.7 Å². The first-order chi connectivity index (χ1) is 15.8. The van der Waals surface area contributed by atoms with E-state index in [-0.39, 0.29) is 24.5 Å². The number of aromatic hydroxyl groups is 1. The van der Waals surface area contributed by atoms with E-state index in [0.29, 0.717) is 5.56 Å². The molecule has 0 bridgehead atoms. The molecule has 0 aromatic heterocycles. The lowest BCUT2D eigenvalue weighted by molar-refractivity contribution is -0.145. The van der Waals surface area contributed by atoms with Gasteiger partial charge in [-0.05, 0) is 43.4 Å². The van der Waals surface area contributed by atoms with E-state index in [4.69, 9.17) is 10.8 Å². The van der Waals surface area contributed by atoms with E-state index >= 15 is 0 Å². The quantitative estimate of drug-likeness (QED) is 0.159. The van der Waals surface area contributed by atoms with Gasteiger partial charge in [0.05, 0.1) is 18.8 Å². The number of carbonyl (C=O) groups excluding carboxylic acids is 3. The number of phenols is 1. The van der Waals surface area contributed by atoms with E-state index in [2.05, 4.69) is 16.0 Å². The van der Waals surface area contributed by atoms with Crippen LogP contribution in [0.3, 0.4) is 0 Å². The molecule has 0 heterocycles. The highest BCUT2D eigenvalue weighted by atomic mass is 16.4. The Labute approximate surface area is 197 Å². The fourth-order valence-electron chi connectivity index (χ4n) is 3.07. The van der Waals surface area contributed by atoms with Gasteiger partial charge in [0.1, 0.15) is 17.8 Å². The number of carboxylic acid groups (broad SMARTS) is 1. The van der Waals surface area contributed by atoms with Crippen molar-refractivity contribution in [2.24, 2.45) is 11.7 Å². The molecule has 5 atom stereocenters. The second-order valence-electron chi connectivity index (χ2n) is 8.48. The summed E-state index contributed by atoms with van der Waals surface area (Å²) >= 11 is 0. The van der Waals surface area contributed by atoms with Gasteiger partial charge in [0.25, 0.3) is 0 Å². The zero-order valence-corrected chi connectivity index (χ0v) is 19.4. The number of hydrogen-bond donors (Lipinski definition) is 8. The van der Waals surface area contributed by atoms with Crippen LogP contribution in [0.25, 0.3) is 0 Å². The Morgan fingerprint density at radius 2 is 1.44 bits per heavy atom. The summed E-state index contributed by atoms with van der Waals surface area (Å²) in [5.41, 5.74) is 6.56. The third-order valence-electron chi connectivity index (χ3n) is 4.93. The van der Waals surface area contributed by atoms with Crippen LogP contribution in [0.1, 0.15) is 32.8 Å². The van der Waals surface area contributed by atoms with Crippen LogP contribution in [-0.2, 0) is 25.6 Å². The molecule has 34 heavy (non-hydrogen) atoms. The van der Waals surface area contributed by atoms with Crippen LogP contribution in [0.15, 0.2) is 24.3 Å². The summed E-state index contributed by atoms with van der Waals surface area (Å²) in [6.07, 6.45) is -1.13. The molecular formula is C22H34N4O8. The Kier molecular flexibility index (Phi) is 11.4. The third-order valence-corrected chi connectivity index (χ3v) is 4.93. The van der Waals surface area contributed by atoms with Gasteiger partial charge in [0, 0.05) is 0 Å². The normalized spacial score (nSPS) is 15.5. The number of nitrogens with one attached hydrogen (secondary N) is 3. The van der Waals surface area contributed by atoms with E-state index in [1.165, 1.54) is 19.1 Å². The second-order valence-corrected chi connectivity index (χ2v) is 8.48. The maximum atomic E-state index is 12.7. The molecule has 0 radical (unpaired) electrons. The molecule has 0 saturated carbocycles. The summed E-state index contributed by atoms with van der Waals surface area (Å²) in [7, 11) is 0. The highest BCUT2D eigenvalue weighted by Gasteiger charge is 2.32. The molecule has 190 valence electrons. The first-order valence-corrected chi connectivity index (χ1v) is 10.8. The van der Waals surface area contributed by atoms with E-state index in [1.807, 2.05) is 0 Å². The van der Waals surface area contributed by atoms with Crippen molar-refractivity contribution in [1.82, 2.24) is 16.0 Å². The maximum Gasteiger partial charge on any atom is 0.328 e. The predicted octanol–water partition coefficient (Wildman–Crippen LogP) is -1.78. The average molecular weight is 483 g/mol. The molecule has 0 aliphatic heterocycles. The smallest absolute Gasteiger partial charge is 0.328 e. The molecule has 12 heteroatoms. The van der Waals surface area contributed by atoms with Gasteiger partial charge in [-0.25, -0.2) is 4.79 Å². The minimum absolute atomic E-state index is 0.0573. The van der Waals surface area contributed by atoms with E-state index < -0.39 is 60.6 Å². The fraction of sp³-hybridized carbons (Fsp3) is 0.545. The standard InChI is InChI=1S/C22H34N4O8/c1-11(2)8-16(20(31)26-18(12(3)28)22(33)34)24-21(32)17(10-27)25-19(30)15(23)9-13-4-6-14(29)7-5-13/h4-7,11-12,15-18,27-29H,8-10,23H2,1-3H3,(H,24,32)(H,25,30)(H,26,31)(H,33,34). The van der Waals surface area contributed by atoms with Gasteiger partial charge in [-0.2, -0.15) is 0 Å². The van der Waals surface area contributed by atoms with Crippen molar-refractivity contribution >= 4 is 23.7 Å². The van der Waals surface area contributed by atoms with E-state index in [0.717, 1.165) is 0 Å². The minimum atomic E-state index is -1.58. The van der Waals surface area contributed by atoms with E-state index in [9.17, 15) is 34.5 Å². The number of aliphatic carboxylic acids is 1. The molecule has 5 unspecified atom stereocenters. The Morgan fingerprint density at radius 1 is 0.912 bits per heavy atom. The summed E-state index contributed by atoms with van der Waals surface area (Å²) < 4.78 is 0. The first kappa shape index (κ1) is 28.8. The average Bonchev–Trinajstić information content (AvgIpc) is 2.75. The van der Waals surface area contributed by atoms with Crippen LogP contribution in [0.2, 0.25) is 0 Å². The summed E-state index contributed by atoms with van der Waals surface area (Å²) in [6.45, 7) is 3.99. The monoisotopic (exact) mass is 482 g/mol. The van der Waals surface area contributed by atoms with Gasteiger partial charge in [0.15, 0.2) is 6.04 Å². The van der Waals surface area contributed by atoms with Crippen LogP contribution in [0, 0.1) is 5.92 Å². The zero-order valence-electron chi connectivity index (χ0n) is 19.4. The van der Waals surface area contributed by atoms with Gasteiger partial charge in [-0.1, -0.05) is 26.0 Å². The molecule has 0 fully saturated rings. The van der Waals surface area contributed by atoms with E-state index in [1.54, 1.807) is 26.0 Å². The summed E-state index contributed by atoms with van der Waals surface area (Å²) in [6, 6.07) is 0.843. The van der Waals surface area contributed by atoms with Crippen LogP contribution in [0.4, 0.5) is 0 Å². The SMILES string of the molecule is CC(C)CC(NC(=O)C(CO)NC(=O)C(N)Cc1ccc(O)cc1)C(=O)NC(C(=O)O)C(C)O. The van der Waals surface area contributed by atoms with Crippen molar-refractivity contribution in [3.8, 4) is 5.75 Å². The van der Waals surface area contributed by atoms with Crippen molar-refractivity contribution in [2.75, 3.05) is 6.61 Å². The lowest BCUT2D eigenvalue weighted by Crippen LogP contribution is -2.59. The fourth-order valence-corrected chi connectivity index (χ4v) is 3.07. The lowest BCUT2D eigenvalue weighted by Gasteiger charge is -2.26. The Bertz CT molecular complexity index is 844. The molecular weight excluding hydrogens is 448 g/mol. The number of aliphatic hydroxyl groups excluding tert-OH is 2. The number of rotatable bonds is 13. The first-order valence-electron chi connectivity index (χ1n) is 10.8. The predicted molar refractivity (Wildman–Crippen MR) is 121 cm³/mol. The molecule has 9 N–H and O–H groups in total.